The summed E-state index contributed by atoms with van der Waals surface area (Å²) >= 11 is 5.17. The molecule has 0 radical (unpaired) electrons. The van der Waals surface area contributed by atoms with Crippen molar-refractivity contribution >= 4 is 38.9 Å². The molecule has 110 valence electrons. The number of hydrogen-bond donors (Lipinski definition) is 2. The molecule has 3 nitrogen and oxygen atoms in total. The number of amides is 1. The van der Waals surface area contributed by atoms with E-state index in [4.69, 9.17) is 0 Å². The van der Waals surface area contributed by atoms with Crippen LogP contribution in [0.15, 0.2) is 34.1 Å². The van der Waals surface area contributed by atoms with Gasteiger partial charge in [0.15, 0.2) is 0 Å². The van der Waals surface area contributed by atoms with Crippen LogP contribution in [0.2, 0.25) is 0 Å². The first-order chi connectivity index (χ1) is 10.2. The van der Waals surface area contributed by atoms with Crippen molar-refractivity contribution in [3.8, 4) is 0 Å². The Hall–Kier alpha value is -1.33. The average Bonchev–Trinajstić information content (AvgIpc) is 2.92. The first-order valence-corrected chi connectivity index (χ1v) is 8.73. The first kappa shape index (κ1) is 14.6. The second-order valence-corrected chi connectivity index (χ2v) is 7.62. The highest BCUT2D eigenvalue weighted by Gasteiger charge is 2.16. The van der Waals surface area contributed by atoms with Crippen LogP contribution in [0.3, 0.4) is 0 Å². The molecule has 2 heterocycles. The van der Waals surface area contributed by atoms with Crippen LogP contribution in [0, 0.1) is 0 Å². The molecule has 0 saturated heterocycles. The van der Waals surface area contributed by atoms with Crippen LogP contribution in [-0.4, -0.2) is 19.0 Å². The summed E-state index contributed by atoms with van der Waals surface area (Å²) in [4.78, 5) is 13.6. The Morgan fingerprint density at radius 2 is 2.24 bits per heavy atom. The van der Waals surface area contributed by atoms with Gasteiger partial charge in [0.1, 0.15) is 0 Å². The van der Waals surface area contributed by atoms with Gasteiger partial charge in [-0.2, -0.15) is 0 Å². The molecule has 0 spiro atoms. The van der Waals surface area contributed by atoms with Crippen LogP contribution in [0.5, 0.6) is 0 Å². The molecule has 0 unspecified atom stereocenters. The van der Waals surface area contributed by atoms with Gasteiger partial charge in [-0.25, -0.2) is 0 Å². The molecule has 0 aliphatic carbocycles. The van der Waals surface area contributed by atoms with Gasteiger partial charge in [-0.05, 0) is 65.0 Å². The summed E-state index contributed by atoms with van der Waals surface area (Å²) in [6.07, 6.45) is 2.93. The largest absolute Gasteiger partial charge is 0.385 e. The van der Waals surface area contributed by atoms with Crippen LogP contribution in [-0.2, 0) is 12.8 Å². The van der Waals surface area contributed by atoms with E-state index in [0.717, 1.165) is 46.4 Å². The minimum absolute atomic E-state index is 0.0335. The Balaban J connectivity index is 1.63. The topological polar surface area (TPSA) is 41.1 Å². The molecule has 2 N–H and O–H groups in total. The van der Waals surface area contributed by atoms with E-state index in [-0.39, 0.29) is 5.91 Å². The number of thiophene rings is 1. The van der Waals surface area contributed by atoms with Gasteiger partial charge < -0.3 is 10.6 Å². The van der Waals surface area contributed by atoms with E-state index < -0.39 is 0 Å². The second-order valence-electron chi connectivity index (χ2n) is 5.07. The van der Waals surface area contributed by atoms with E-state index in [2.05, 4.69) is 38.7 Å². The van der Waals surface area contributed by atoms with Gasteiger partial charge >= 0.3 is 0 Å². The Bertz CT molecular complexity index is 653. The molecular formula is C16H17BrN2OS. The third-order valence-corrected chi connectivity index (χ3v) is 5.31. The van der Waals surface area contributed by atoms with Crippen molar-refractivity contribution in [1.82, 2.24) is 5.32 Å². The third kappa shape index (κ3) is 3.47. The Kier molecular flexibility index (Phi) is 4.60. The fourth-order valence-electron chi connectivity index (χ4n) is 2.60. The highest BCUT2D eigenvalue weighted by atomic mass is 79.9. The zero-order valence-electron chi connectivity index (χ0n) is 11.6. The average molecular weight is 365 g/mol. The van der Waals surface area contributed by atoms with Crippen LogP contribution in [0.1, 0.15) is 27.2 Å². The van der Waals surface area contributed by atoms with Crippen molar-refractivity contribution < 1.29 is 4.79 Å². The van der Waals surface area contributed by atoms with Crippen molar-refractivity contribution in [2.75, 3.05) is 18.4 Å². The Labute approximate surface area is 136 Å². The maximum atomic E-state index is 12.4. The van der Waals surface area contributed by atoms with Gasteiger partial charge in [0.2, 0.25) is 0 Å². The quantitative estimate of drug-likeness (QED) is 0.864. The van der Waals surface area contributed by atoms with Crippen molar-refractivity contribution in [3.63, 3.8) is 0 Å². The van der Waals surface area contributed by atoms with Crippen molar-refractivity contribution in [2.24, 2.45) is 0 Å². The molecular weight excluding hydrogens is 348 g/mol. The molecule has 5 heteroatoms. The number of rotatable bonds is 4. The lowest BCUT2D eigenvalue weighted by atomic mass is 9.97. The van der Waals surface area contributed by atoms with E-state index in [0.29, 0.717) is 6.54 Å². The summed E-state index contributed by atoms with van der Waals surface area (Å²) in [7, 11) is 0. The molecule has 0 bridgehead atoms. The zero-order valence-corrected chi connectivity index (χ0v) is 14.0. The fraction of sp³-hybridized carbons (Fsp3) is 0.312. The van der Waals surface area contributed by atoms with Gasteiger partial charge in [0, 0.05) is 29.2 Å². The Morgan fingerprint density at radius 3 is 3.05 bits per heavy atom. The van der Waals surface area contributed by atoms with E-state index in [9.17, 15) is 4.79 Å². The monoisotopic (exact) mass is 364 g/mol. The molecule has 1 aliphatic heterocycles. The summed E-state index contributed by atoms with van der Waals surface area (Å²) in [5.41, 5.74) is 3.07. The van der Waals surface area contributed by atoms with Crippen LogP contribution >= 0.6 is 27.3 Å². The first-order valence-electron chi connectivity index (χ1n) is 7.12. The molecule has 0 atom stereocenters. The van der Waals surface area contributed by atoms with Crippen molar-refractivity contribution in [1.29, 1.82) is 0 Å². The molecule has 1 aromatic heterocycles. The number of hydrogen-bond acceptors (Lipinski definition) is 3. The van der Waals surface area contributed by atoms with Gasteiger partial charge in [0.05, 0.1) is 3.79 Å². The van der Waals surface area contributed by atoms with Crippen LogP contribution in [0.25, 0.3) is 0 Å². The van der Waals surface area contributed by atoms with Crippen LogP contribution in [0.4, 0.5) is 5.69 Å². The minimum Gasteiger partial charge on any atom is -0.385 e. The third-order valence-electron chi connectivity index (χ3n) is 3.63. The highest BCUT2D eigenvalue weighted by molar-refractivity contribution is 9.11. The zero-order chi connectivity index (χ0) is 14.7. The van der Waals surface area contributed by atoms with Crippen molar-refractivity contribution in [3.05, 3.63) is 50.1 Å². The second kappa shape index (κ2) is 6.62. The molecule has 3 rings (SSSR count). The minimum atomic E-state index is 0.0335. The standard InChI is InChI=1S/C16H17BrN2OS/c17-15-7-6-11(21-15)8-10-19-16(20)13-3-1-5-14-12(13)4-2-9-18-14/h1,3,5-7,18H,2,4,8-10H2,(H,19,20). The Morgan fingerprint density at radius 1 is 1.33 bits per heavy atom. The lowest BCUT2D eigenvalue weighted by molar-refractivity contribution is 0.0953. The molecule has 1 aromatic carbocycles. The number of benzene rings is 1. The van der Waals surface area contributed by atoms with Crippen LogP contribution < -0.4 is 10.6 Å². The maximum Gasteiger partial charge on any atom is 0.251 e. The number of halogens is 1. The number of anilines is 1. The van der Waals surface area contributed by atoms with Gasteiger partial charge in [-0.3, -0.25) is 4.79 Å². The van der Waals surface area contributed by atoms with Gasteiger partial charge in [-0.1, -0.05) is 6.07 Å². The lowest BCUT2D eigenvalue weighted by Gasteiger charge is -2.20. The summed E-state index contributed by atoms with van der Waals surface area (Å²) in [6, 6.07) is 10.1. The summed E-state index contributed by atoms with van der Waals surface area (Å²) in [6.45, 7) is 1.66. The van der Waals surface area contributed by atoms with Crippen molar-refractivity contribution in [2.45, 2.75) is 19.3 Å². The molecule has 0 saturated carbocycles. The number of nitrogens with one attached hydrogen (secondary N) is 2. The fourth-order valence-corrected chi connectivity index (χ4v) is 4.09. The number of carbonyl (C=O) groups is 1. The van der Waals surface area contributed by atoms with E-state index in [1.165, 1.54) is 4.88 Å². The van der Waals surface area contributed by atoms with E-state index in [1.807, 2.05) is 18.2 Å². The number of carbonyl (C=O) groups excluding carboxylic acids is 1. The molecule has 21 heavy (non-hydrogen) atoms. The highest BCUT2D eigenvalue weighted by Crippen LogP contribution is 2.25. The summed E-state index contributed by atoms with van der Waals surface area (Å²) in [5, 5.41) is 6.39. The van der Waals surface area contributed by atoms with Gasteiger partial charge in [-0.15, -0.1) is 11.3 Å². The van der Waals surface area contributed by atoms with E-state index >= 15 is 0 Å². The van der Waals surface area contributed by atoms with Gasteiger partial charge in [0.25, 0.3) is 5.91 Å². The number of fused-ring (bicyclic) bond motifs is 1. The molecule has 2 aromatic rings. The predicted molar refractivity (Wildman–Crippen MR) is 91.3 cm³/mol. The lowest BCUT2D eigenvalue weighted by Crippen LogP contribution is -2.27. The smallest absolute Gasteiger partial charge is 0.251 e. The predicted octanol–water partition coefficient (Wildman–Crippen LogP) is 3.84. The molecule has 0 fully saturated rings. The molecule has 1 aliphatic rings. The normalized spacial score (nSPS) is 13.4. The maximum absolute atomic E-state index is 12.4. The molecule has 1 amide bonds. The SMILES string of the molecule is O=C(NCCc1ccc(Br)s1)c1cccc2c1CCCN2. The summed E-state index contributed by atoms with van der Waals surface area (Å²) < 4.78 is 1.13. The van der Waals surface area contributed by atoms with E-state index in [1.54, 1.807) is 11.3 Å². The summed E-state index contributed by atoms with van der Waals surface area (Å²) in [5.74, 6) is 0.0335.